The molecule has 0 unspecified atom stereocenters. The molecule has 8 nitrogen and oxygen atoms in total. The van der Waals surface area contributed by atoms with Crippen LogP contribution in [-0.2, 0) is 6.42 Å². The molecule has 136 valence electrons. The summed E-state index contributed by atoms with van der Waals surface area (Å²) in [6, 6.07) is 5.95. The standard InChI is InChI=1S/C17H22N8S/c1-3-14-18-17(26-22-14)24-9-4-8-23(11-12-24)15-5-6-16(20-19-15)25-10-7-13(2)21-25/h5-7,10H,3-4,8-9,11-12H2,1-2H3. The topological polar surface area (TPSA) is 75.9 Å². The first-order valence-corrected chi connectivity index (χ1v) is 9.69. The Hall–Kier alpha value is -2.55. The van der Waals surface area contributed by atoms with Crippen molar-refractivity contribution >= 4 is 22.5 Å². The van der Waals surface area contributed by atoms with Gasteiger partial charge in [0.05, 0.1) is 5.69 Å². The Balaban J connectivity index is 1.43. The highest BCUT2D eigenvalue weighted by Gasteiger charge is 2.19. The molecule has 1 fully saturated rings. The number of aryl methyl sites for hydroxylation is 2. The maximum Gasteiger partial charge on any atom is 0.205 e. The minimum Gasteiger partial charge on any atom is -0.353 e. The monoisotopic (exact) mass is 370 g/mol. The van der Waals surface area contributed by atoms with Crippen molar-refractivity contribution in [1.29, 1.82) is 0 Å². The summed E-state index contributed by atoms with van der Waals surface area (Å²) in [6.07, 6.45) is 3.84. The summed E-state index contributed by atoms with van der Waals surface area (Å²) in [5.41, 5.74) is 0.964. The lowest BCUT2D eigenvalue weighted by atomic mass is 10.3. The molecule has 0 saturated carbocycles. The van der Waals surface area contributed by atoms with Gasteiger partial charge in [-0.1, -0.05) is 6.92 Å². The maximum atomic E-state index is 4.62. The van der Waals surface area contributed by atoms with Crippen molar-refractivity contribution in [3.05, 3.63) is 35.9 Å². The van der Waals surface area contributed by atoms with Crippen molar-refractivity contribution in [3.63, 3.8) is 0 Å². The zero-order chi connectivity index (χ0) is 17.9. The lowest BCUT2D eigenvalue weighted by Crippen LogP contribution is -2.31. The van der Waals surface area contributed by atoms with Crippen LogP contribution in [0.15, 0.2) is 24.4 Å². The van der Waals surface area contributed by atoms with Crippen molar-refractivity contribution in [1.82, 2.24) is 29.3 Å². The van der Waals surface area contributed by atoms with E-state index in [2.05, 4.69) is 41.4 Å². The SMILES string of the molecule is CCc1nsc(N2CCCN(c3ccc(-n4ccc(C)n4)nn3)CC2)n1. The molecule has 0 radical (unpaired) electrons. The number of rotatable bonds is 4. The first-order valence-electron chi connectivity index (χ1n) is 8.92. The van der Waals surface area contributed by atoms with Gasteiger partial charge < -0.3 is 9.80 Å². The number of anilines is 2. The second-order valence-electron chi connectivity index (χ2n) is 6.33. The molecule has 0 bridgehead atoms. The van der Waals surface area contributed by atoms with Crippen molar-refractivity contribution < 1.29 is 0 Å². The molecule has 3 aromatic rings. The summed E-state index contributed by atoms with van der Waals surface area (Å²) in [4.78, 5) is 9.23. The molecule has 0 spiro atoms. The second-order valence-corrected chi connectivity index (χ2v) is 7.06. The molecule has 0 amide bonds. The van der Waals surface area contributed by atoms with Crippen LogP contribution in [0.3, 0.4) is 0 Å². The smallest absolute Gasteiger partial charge is 0.205 e. The summed E-state index contributed by atoms with van der Waals surface area (Å²) >= 11 is 1.50. The van der Waals surface area contributed by atoms with Gasteiger partial charge in [-0.25, -0.2) is 9.67 Å². The van der Waals surface area contributed by atoms with E-state index >= 15 is 0 Å². The molecule has 0 N–H and O–H groups in total. The first kappa shape index (κ1) is 16.9. The first-order chi connectivity index (χ1) is 12.7. The summed E-state index contributed by atoms with van der Waals surface area (Å²) in [5, 5.41) is 14.2. The summed E-state index contributed by atoms with van der Waals surface area (Å²) < 4.78 is 6.15. The number of hydrogen-bond acceptors (Lipinski definition) is 8. The van der Waals surface area contributed by atoms with Crippen LogP contribution in [0.5, 0.6) is 0 Å². The van der Waals surface area contributed by atoms with Crippen molar-refractivity contribution in [3.8, 4) is 5.82 Å². The van der Waals surface area contributed by atoms with Crippen molar-refractivity contribution in [2.75, 3.05) is 36.0 Å². The van der Waals surface area contributed by atoms with Gasteiger partial charge in [-0.05, 0) is 31.5 Å². The van der Waals surface area contributed by atoms with E-state index in [1.54, 1.807) is 4.68 Å². The fourth-order valence-electron chi connectivity index (χ4n) is 3.01. The molecule has 26 heavy (non-hydrogen) atoms. The molecule has 9 heteroatoms. The third-order valence-corrected chi connectivity index (χ3v) is 5.27. The predicted octanol–water partition coefficient (Wildman–Crippen LogP) is 2.10. The van der Waals surface area contributed by atoms with Crippen LogP contribution < -0.4 is 9.80 Å². The lowest BCUT2D eigenvalue weighted by molar-refractivity contribution is 0.764. The molecule has 0 atom stereocenters. The summed E-state index contributed by atoms with van der Waals surface area (Å²) in [6.45, 7) is 7.82. The lowest BCUT2D eigenvalue weighted by Gasteiger charge is -2.21. The minimum absolute atomic E-state index is 0.735. The van der Waals surface area contributed by atoms with Crippen LogP contribution in [0.2, 0.25) is 0 Å². The maximum absolute atomic E-state index is 4.62. The van der Waals surface area contributed by atoms with Crippen LogP contribution in [0.1, 0.15) is 24.9 Å². The Kier molecular flexibility index (Phi) is 4.79. The number of hydrogen-bond donors (Lipinski definition) is 0. The molecule has 0 aromatic carbocycles. The van der Waals surface area contributed by atoms with Crippen molar-refractivity contribution in [2.45, 2.75) is 26.7 Å². The average molecular weight is 370 g/mol. The third kappa shape index (κ3) is 3.52. The Bertz CT molecular complexity index is 856. The Morgan fingerprint density at radius 2 is 1.77 bits per heavy atom. The highest BCUT2D eigenvalue weighted by atomic mass is 32.1. The Morgan fingerprint density at radius 1 is 1.00 bits per heavy atom. The second kappa shape index (κ2) is 7.36. The molecule has 0 aliphatic carbocycles. The predicted molar refractivity (Wildman–Crippen MR) is 102 cm³/mol. The molecule has 4 rings (SSSR count). The van der Waals surface area contributed by atoms with Crippen molar-refractivity contribution in [2.24, 2.45) is 0 Å². The van der Waals surface area contributed by atoms with E-state index in [1.165, 1.54) is 11.5 Å². The van der Waals surface area contributed by atoms with Gasteiger partial charge in [0.2, 0.25) is 5.13 Å². The van der Waals surface area contributed by atoms with Gasteiger partial charge in [-0.2, -0.15) is 9.47 Å². The minimum atomic E-state index is 0.735. The zero-order valence-corrected chi connectivity index (χ0v) is 15.9. The van der Waals surface area contributed by atoms with Crippen LogP contribution in [-0.4, -0.2) is 55.5 Å². The highest BCUT2D eigenvalue weighted by Crippen LogP contribution is 2.21. The van der Waals surface area contributed by atoms with E-state index in [0.29, 0.717) is 0 Å². The fraction of sp³-hybridized carbons (Fsp3) is 0.471. The third-order valence-electron chi connectivity index (χ3n) is 4.46. The molecule has 4 heterocycles. The molecule has 1 aliphatic rings. The van der Waals surface area contributed by atoms with E-state index < -0.39 is 0 Å². The quantitative estimate of drug-likeness (QED) is 0.696. The van der Waals surface area contributed by atoms with E-state index in [-0.39, 0.29) is 0 Å². The summed E-state index contributed by atoms with van der Waals surface area (Å²) in [5.74, 6) is 2.58. The van der Waals surface area contributed by atoms with Gasteiger partial charge in [-0.3, -0.25) is 0 Å². The Morgan fingerprint density at radius 3 is 2.46 bits per heavy atom. The van der Waals surface area contributed by atoms with Gasteiger partial charge in [0.25, 0.3) is 0 Å². The molecular formula is C17H22N8S. The number of nitrogens with zero attached hydrogens (tertiary/aromatic N) is 8. The molecular weight excluding hydrogens is 348 g/mol. The van der Waals surface area contributed by atoms with E-state index in [0.717, 1.165) is 67.3 Å². The van der Waals surface area contributed by atoms with E-state index in [9.17, 15) is 0 Å². The highest BCUT2D eigenvalue weighted by molar-refractivity contribution is 7.09. The van der Waals surface area contributed by atoms with Gasteiger partial charge >= 0.3 is 0 Å². The van der Waals surface area contributed by atoms with E-state index in [4.69, 9.17) is 0 Å². The average Bonchev–Trinajstić information content (AvgIpc) is 3.25. The van der Waals surface area contributed by atoms with Gasteiger partial charge in [0, 0.05) is 50.3 Å². The van der Waals surface area contributed by atoms with Crippen LogP contribution in [0, 0.1) is 6.92 Å². The zero-order valence-electron chi connectivity index (χ0n) is 15.0. The van der Waals surface area contributed by atoms with Gasteiger partial charge in [0.15, 0.2) is 11.6 Å². The molecule has 1 aliphatic heterocycles. The normalized spacial score (nSPS) is 15.3. The Labute approximate surface area is 156 Å². The van der Waals surface area contributed by atoms with Crippen LogP contribution >= 0.6 is 11.5 Å². The van der Waals surface area contributed by atoms with Crippen LogP contribution in [0.4, 0.5) is 10.9 Å². The number of aromatic nitrogens is 6. The van der Waals surface area contributed by atoms with Crippen LogP contribution in [0.25, 0.3) is 5.82 Å². The van der Waals surface area contributed by atoms with Gasteiger partial charge in [-0.15, -0.1) is 10.2 Å². The molecule has 3 aromatic heterocycles. The van der Waals surface area contributed by atoms with E-state index in [1.807, 2.05) is 31.3 Å². The molecule has 1 saturated heterocycles. The summed E-state index contributed by atoms with van der Waals surface area (Å²) in [7, 11) is 0. The fourth-order valence-corrected chi connectivity index (χ4v) is 3.81. The van der Waals surface area contributed by atoms with Gasteiger partial charge in [0.1, 0.15) is 5.82 Å². The largest absolute Gasteiger partial charge is 0.353 e.